The van der Waals surface area contributed by atoms with Crippen LogP contribution in [-0.4, -0.2) is 35.2 Å². The lowest BCUT2D eigenvalue weighted by Gasteiger charge is -2.26. The maximum Gasteiger partial charge on any atom is 0.410 e. The number of carboxylic acid groups (broad SMARTS) is 1. The molecule has 6 heteroatoms. The highest BCUT2D eigenvalue weighted by molar-refractivity contribution is 7.12. The molecule has 0 fully saturated rings. The first-order chi connectivity index (χ1) is 10.0. The van der Waals surface area contributed by atoms with Crippen molar-refractivity contribution in [1.82, 2.24) is 4.90 Å². The first-order valence-corrected chi connectivity index (χ1v) is 8.08. The second-order valence-electron chi connectivity index (χ2n) is 5.26. The van der Waals surface area contributed by atoms with E-state index in [0.29, 0.717) is 19.7 Å². The Morgan fingerprint density at radius 1 is 1.43 bits per heavy atom. The van der Waals surface area contributed by atoms with E-state index in [-0.39, 0.29) is 12.5 Å². The van der Waals surface area contributed by atoms with Gasteiger partial charge in [-0.2, -0.15) is 0 Å². The Kier molecular flexibility index (Phi) is 5.22. The van der Waals surface area contributed by atoms with Crippen molar-refractivity contribution in [3.8, 4) is 0 Å². The zero-order chi connectivity index (χ0) is 15.4. The van der Waals surface area contributed by atoms with Crippen molar-refractivity contribution < 1.29 is 19.4 Å². The smallest absolute Gasteiger partial charge is 0.410 e. The van der Waals surface area contributed by atoms with E-state index < -0.39 is 5.97 Å². The molecule has 2 heterocycles. The average molecular weight is 311 g/mol. The van der Waals surface area contributed by atoms with E-state index in [1.165, 1.54) is 4.88 Å². The predicted molar refractivity (Wildman–Crippen MR) is 80.8 cm³/mol. The second kappa shape index (κ2) is 6.93. The summed E-state index contributed by atoms with van der Waals surface area (Å²) in [5.41, 5.74) is 2.12. The Balaban J connectivity index is 2.04. The zero-order valence-corrected chi connectivity index (χ0v) is 13.3. The Morgan fingerprint density at radius 3 is 2.86 bits per heavy atom. The number of amides is 1. The number of fused-ring (bicyclic) bond motifs is 1. The minimum absolute atomic E-state index is 0.0600. The van der Waals surface area contributed by atoms with Gasteiger partial charge in [-0.1, -0.05) is 13.3 Å². The molecule has 0 radical (unpaired) electrons. The molecule has 116 valence electrons. The number of rotatable bonds is 5. The molecule has 1 aliphatic rings. The van der Waals surface area contributed by atoms with Crippen LogP contribution in [0.5, 0.6) is 0 Å². The van der Waals surface area contributed by atoms with Crippen LogP contribution in [0.4, 0.5) is 4.79 Å². The summed E-state index contributed by atoms with van der Waals surface area (Å²) in [7, 11) is 0. The predicted octanol–water partition coefficient (Wildman–Crippen LogP) is 2.98. The van der Waals surface area contributed by atoms with Gasteiger partial charge in [-0.05, 0) is 30.9 Å². The van der Waals surface area contributed by atoms with Gasteiger partial charge in [0.25, 0.3) is 0 Å². The fraction of sp³-hybridized carbons (Fsp3) is 0.600. The molecule has 0 saturated heterocycles. The van der Waals surface area contributed by atoms with Gasteiger partial charge in [0, 0.05) is 16.3 Å². The molecular formula is C15H21NO4S. The van der Waals surface area contributed by atoms with Gasteiger partial charge in [-0.15, -0.1) is 11.3 Å². The Hall–Kier alpha value is -1.56. The van der Waals surface area contributed by atoms with Crippen molar-refractivity contribution in [2.45, 2.75) is 46.1 Å². The van der Waals surface area contributed by atoms with E-state index in [1.807, 2.05) is 6.92 Å². The lowest BCUT2D eigenvalue weighted by atomic mass is 10.0. The first kappa shape index (κ1) is 15.8. The molecular weight excluding hydrogens is 290 g/mol. The number of aliphatic carboxylic acids is 1. The highest BCUT2D eigenvalue weighted by atomic mass is 32.1. The van der Waals surface area contributed by atoms with Crippen molar-refractivity contribution in [3.05, 3.63) is 20.9 Å². The molecule has 0 spiro atoms. The number of thiophene rings is 1. The van der Waals surface area contributed by atoms with E-state index in [0.717, 1.165) is 35.3 Å². The summed E-state index contributed by atoms with van der Waals surface area (Å²) < 4.78 is 5.24. The summed E-state index contributed by atoms with van der Waals surface area (Å²) in [5.74, 6) is -0.812. The summed E-state index contributed by atoms with van der Waals surface area (Å²) in [5, 5.41) is 8.94. The average Bonchev–Trinajstić information content (AvgIpc) is 2.74. The number of hydrogen-bond donors (Lipinski definition) is 1. The molecule has 1 aromatic heterocycles. The maximum absolute atomic E-state index is 12.0. The van der Waals surface area contributed by atoms with Gasteiger partial charge in [0.15, 0.2) is 0 Å². The minimum atomic E-state index is -0.812. The van der Waals surface area contributed by atoms with Gasteiger partial charge in [-0.3, -0.25) is 4.79 Å². The number of carbonyl (C=O) groups excluding carboxylic acids is 1. The third kappa shape index (κ3) is 3.75. The number of carbonyl (C=O) groups is 2. The molecule has 0 aliphatic carbocycles. The molecule has 0 bridgehead atoms. The van der Waals surface area contributed by atoms with Crippen molar-refractivity contribution in [2.75, 3.05) is 13.2 Å². The molecule has 1 N–H and O–H groups in total. The molecule has 0 atom stereocenters. The molecule has 1 amide bonds. The third-order valence-electron chi connectivity index (χ3n) is 3.71. The second-order valence-corrected chi connectivity index (χ2v) is 6.45. The van der Waals surface area contributed by atoms with Crippen LogP contribution in [0, 0.1) is 6.92 Å². The third-order valence-corrected chi connectivity index (χ3v) is 5.10. The highest BCUT2D eigenvalue weighted by Gasteiger charge is 2.26. The molecule has 0 aromatic carbocycles. The fourth-order valence-electron chi connectivity index (χ4n) is 2.44. The van der Waals surface area contributed by atoms with Crippen LogP contribution in [0.3, 0.4) is 0 Å². The van der Waals surface area contributed by atoms with Crippen LogP contribution in [0.25, 0.3) is 0 Å². The van der Waals surface area contributed by atoms with E-state index in [2.05, 4.69) is 6.92 Å². The SMILES string of the molecule is CCCCOC(=O)N1CCc2sc(CC(=O)O)c(C)c2C1. The van der Waals surface area contributed by atoms with Crippen LogP contribution in [0.2, 0.25) is 0 Å². The van der Waals surface area contributed by atoms with Crippen LogP contribution >= 0.6 is 11.3 Å². The Labute approximate surface area is 128 Å². The van der Waals surface area contributed by atoms with Crippen molar-refractivity contribution >= 4 is 23.4 Å². The van der Waals surface area contributed by atoms with Crippen molar-refractivity contribution in [3.63, 3.8) is 0 Å². The maximum atomic E-state index is 12.0. The molecule has 21 heavy (non-hydrogen) atoms. The normalized spacial score (nSPS) is 13.9. The van der Waals surface area contributed by atoms with E-state index in [9.17, 15) is 9.59 Å². The van der Waals surface area contributed by atoms with Gasteiger partial charge >= 0.3 is 12.1 Å². The summed E-state index contributed by atoms with van der Waals surface area (Å²) in [4.78, 5) is 26.7. The standard InChI is InChI=1S/C15H21NO4S/c1-3-4-7-20-15(19)16-6-5-12-11(9-16)10(2)13(21-12)8-14(17)18/h3-9H2,1-2H3,(H,17,18). The molecule has 2 rings (SSSR count). The monoisotopic (exact) mass is 311 g/mol. The van der Waals surface area contributed by atoms with E-state index in [4.69, 9.17) is 9.84 Å². The van der Waals surface area contributed by atoms with Crippen molar-refractivity contribution in [2.24, 2.45) is 0 Å². The van der Waals surface area contributed by atoms with Gasteiger partial charge in [0.2, 0.25) is 0 Å². The fourth-order valence-corrected chi connectivity index (χ4v) is 3.74. The number of hydrogen-bond acceptors (Lipinski definition) is 4. The van der Waals surface area contributed by atoms with Crippen LogP contribution in [0.15, 0.2) is 0 Å². The topological polar surface area (TPSA) is 66.8 Å². The summed E-state index contributed by atoms with van der Waals surface area (Å²) in [6.07, 6.45) is 2.46. The Bertz CT molecular complexity index is 538. The van der Waals surface area contributed by atoms with Gasteiger partial charge in [-0.25, -0.2) is 4.79 Å². The lowest BCUT2D eigenvalue weighted by molar-refractivity contribution is -0.136. The minimum Gasteiger partial charge on any atom is -0.481 e. The van der Waals surface area contributed by atoms with Crippen LogP contribution < -0.4 is 0 Å². The van der Waals surface area contributed by atoms with E-state index in [1.54, 1.807) is 16.2 Å². The number of unbranched alkanes of at least 4 members (excludes halogenated alkanes) is 1. The van der Waals surface area contributed by atoms with Gasteiger partial charge < -0.3 is 14.7 Å². The van der Waals surface area contributed by atoms with Gasteiger partial charge in [0.1, 0.15) is 0 Å². The summed E-state index contributed by atoms with van der Waals surface area (Å²) in [6.45, 7) is 5.64. The van der Waals surface area contributed by atoms with Crippen molar-refractivity contribution in [1.29, 1.82) is 0 Å². The van der Waals surface area contributed by atoms with E-state index >= 15 is 0 Å². The molecule has 1 aromatic rings. The quantitative estimate of drug-likeness (QED) is 0.849. The first-order valence-electron chi connectivity index (χ1n) is 7.26. The summed E-state index contributed by atoms with van der Waals surface area (Å²) >= 11 is 1.57. The zero-order valence-electron chi connectivity index (χ0n) is 12.5. The molecule has 5 nitrogen and oxygen atoms in total. The molecule has 1 aliphatic heterocycles. The number of ether oxygens (including phenoxy) is 1. The largest absolute Gasteiger partial charge is 0.481 e. The van der Waals surface area contributed by atoms with Gasteiger partial charge in [0.05, 0.1) is 19.6 Å². The lowest BCUT2D eigenvalue weighted by Crippen LogP contribution is -2.36. The number of carboxylic acids is 1. The van der Waals surface area contributed by atoms with Crippen LogP contribution in [-0.2, 0) is 28.9 Å². The molecule has 0 unspecified atom stereocenters. The molecule has 0 saturated carbocycles. The van der Waals surface area contributed by atoms with Crippen LogP contribution in [0.1, 0.15) is 40.6 Å². The summed E-state index contributed by atoms with van der Waals surface area (Å²) in [6, 6.07) is 0. The number of nitrogens with zero attached hydrogens (tertiary/aromatic N) is 1. The Morgan fingerprint density at radius 2 is 2.19 bits per heavy atom. The highest BCUT2D eigenvalue weighted by Crippen LogP contribution is 2.33.